The molecule has 1 aliphatic carbocycles. The molecule has 1 saturated carbocycles. The summed E-state index contributed by atoms with van der Waals surface area (Å²) in [4.78, 5) is 20.0. The van der Waals surface area contributed by atoms with E-state index >= 15 is 0 Å². The standard InChI is InChI=1S/C22H22N2OS/c1-26-16-10-8-14(9-11-16)21-20-18(17-4-2-3-5-19(17)23-20)12-13-24(21)22(25)15-6-7-15/h2-5,8-11,15,21,23H,6-7,12-13H2,1H3/t21-/m0/s1. The van der Waals surface area contributed by atoms with E-state index in [2.05, 4.69) is 64.7 Å². The predicted octanol–water partition coefficient (Wildman–Crippen LogP) is 4.77. The molecule has 0 spiro atoms. The third-order valence-electron chi connectivity index (χ3n) is 5.68. The van der Waals surface area contributed by atoms with Crippen molar-refractivity contribution in [2.45, 2.75) is 30.2 Å². The second kappa shape index (κ2) is 6.20. The highest BCUT2D eigenvalue weighted by atomic mass is 32.2. The number of nitrogens with one attached hydrogen (secondary N) is 1. The second-order valence-corrected chi connectivity index (χ2v) is 8.17. The number of nitrogens with zero attached hydrogens (tertiary/aromatic N) is 1. The van der Waals surface area contributed by atoms with E-state index in [0.717, 1.165) is 25.8 Å². The maximum atomic E-state index is 13.0. The van der Waals surface area contributed by atoms with Crippen LogP contribution in [0.2, 0.25) is 0 Å². The zero-order chi connectivity index (χ0) is 17.7. The van der Waals surface area contributed by atoms with Gasteiger partial charge >= 0.3 is 0 Å². The molecule has 2 aromatic carbocycles. The SMILES string of the molecule is CSc1ccc([C@H]2c3[nH]c4ccccc4c3CCN2C(=O)C2CC2)cc1. The number of hydrogen-bond donors (Lipinski definition) is 1. The van der Waals surface area contributed by atoms with Crippen molar-refractivity contribution in [1.82, 2.24) is 9.88 Å². The Balaban J connectivity index is 1.65. The minimum absolute atomic E-state index is 0.00449. The molecular weight excluding hydrogens is 340 g/mol. The second-order valence-electron chi connectivity index (χ2n) is 7.29. The minimum Gasteiger partial charge on any atom is -0.356 e. The molecule has 2 heterocycles. The number of thioether (sulfide) groups is 1. The quantitative estimate of drug-likeness (QED) is 0.681. The summed E-state index contributed by atoms with van der Waals surface area (Å²) in [5.74, 6) is 0.571. The van der Waals surface area contributed by atoms with E-state index in [0.29, 0.717) is 5.91 Å². The van der Waals surface area contributed by atoms with Crippen LogP contribution in [-0.2, 0) is 11.2 Å². The normalized spacial score (nSPS) is 19.6. The number of fused-ring (bicyclic) bond motifs is 3. The molecular formula is C22H22N2OS. The first-order chi connectivity index (χ1) is 12.8. The molecule has 0 saturated heterocycles. The van der Waals surface area contributed by atoms with Crippen LogP contribution in [0.25, 0.3) is 10.9 Å². The molecule has 2 aliphatic rings. The first-order valence-corrected chi connectivity index (χ1v) is 10.5. The third kappa shape index (κ3) is 2.55. The van der Waals surface area contributed by atoms with Gasteiger partial charge in [0.15, 0.2) is 0 Å². The Hall–Kier alpha value is -2.20. The van der Waals surface area contributed by atoms with Crippen molar-refractivity contribution in [3.05, 3.63) is 65.4 Å². The molecule has 0 bridgehead atoms. The van der Waals surface area contributed by atoms with E-state index < -0.39 is 0 Å². The summed E-state index contributed by atoms with van der Waals surface area (Å²) < 4.78 is 0. The van der Waals surface area contributed by atoms with E-state index in [-0.39, 0.29) is 12.0 Å². The lowest BCUT2D eigenvalue weighted by Crippen LogP contribution is -2.41. The summed E-state index contributed by atoms with van der Waals surface area (Å²) in [6.07, 6.45) is 5.12. The Bertz CT molecular complexity index is 971. The van der Waals surface area contributed by atoms with Crippen molar-refractivity contribution in [3.8, 4) is 0 Å². The summed E-state index contributed by atoms with van der Waals surface area (Å²) in [6.45, 7) is 0.805. The van der Waals surface area contributed by atoms with E-state index in [1.807, 2.05) is 0 Å². The van der Waals surface area contributed by atoms with E-state index in [4.69, 9.17) is 0 Å². The van der Waals surface area contributed by atoms with Crippen molar-refractivity contribution in [3.63, 3.8) is 0 Å². The predicted molar refractivity (Wildman–Crippen MR) is 107 cm³/mol. The summed E-state index contributed by atoms with van der Waals surface area (Å²) in [5.41, 5.74) is 4.94. The summed E-state index contributed by atoms with van der Waals surface area (Å²) >= 11 is 1.75. The zero-order valence-electron chi connectivity index (χ0n) is 14.9. The highest BCUT2D eigenvalue weighted by molar-refractivity contribution is 7.98. The first kappa shape index (κ1) is 16.0. The Morgan fingerprint density at radius 1 is 1.12 bits per heavy atom. The van der Waals surface area contributed by atoms with Crippen molar-refractivity contribution in [2.75, 3.05) is 12.8 Å². The van der Waals surface area contributed by atoms with Crippen LogP contribution in [0.3, 0.4) is 0 Å². The lowest BCUT2D eigenvalue weighted by molar-refractivity contribution is -0.134. The Morgan fingerprint density at radius 3 is 2.62 bits per heavy atom. The Kier molecular flexibility index (Phi) is 3.82. The number of carbonyl (C=O) groups excluding carboxylic acids is 1. The molecule has 1 aliphatic heterocycles. The fourth-order valence-electron chi connectivity index (χ4n) is 4.18. The third-order valence-corrected chi connectivity index (χ3v) is 6.42. The summed E-state index contributed by atoms with van der Waals surface area (Å²) in [7, 11) is 0. The van der Waals surface area contributed by atoms with Crippen LogP contribution in [0, 0.1) is 5.92 Å². The monoisotopic (exact) mass is 362 g/mol. The van der Waals surface area contributed by atoms with Gasteiger partial charge in [-0.25, -0.2) is 0 Å². The maximum absolute atomic E-state index is 13.0. The van der Waals surface area contributed by atoms with Crippen LogP contribution in [0.4, 0.5) is 0 Å². The lowest BCUT2D eigenvalue weighted by atomic mass is 9.92. The number of aromatic nitrogens is 1. The largest absolute Gasteiger partial charge is 0.356 e. The summed E-state index contributed by atoms with van der Waals surface area (Å²) in [5, 5.41) is 1.30. The zero-order valence-corrected chi connectivity index (χ0v) is 15.7. The molecule has 5 rings (SSSR count). The molecule has 3 aromatic rings. The number of aromatic amines is 1. The number of rotatable bonds is 3. The molecule has 1 atom stereocenters. The van der Waals surface area contributed by atoms with Gasteiger partial charge in [0.25, 0.3) is 0 Å². The van der Waals surface area contributed by atoms with Crippen LogP contribution in [0.15, 0.2) is 53.4 Å². The number of para-hydroxylation sites is 1. The topological polar surface area (TPSA) is 36.1 Å². The summed E-state index contributed by atoms with van der Waals surface area (Å²) in [6, 6.07) is 17.2. The van der Waals surface area contributed by atoms with Gasteiger partial charge in [-0.1, -0.05) is 30.3 Å². The van der Waals surface area contributed by atoms with Crippen molar-refractivity contribution in [2.24, 2.45) is 5.92 Å². The van der Waals surface area contributed by atoms with Gasteiger partial charge in [0.1, 0.15) is 0 Å². The van der Waals surface area contributed by atoms with Crippen LogP contribution >= 0.6 is 11.8 Å². The van der Waals surface area contributed by atoms with Crippen LogP contribution in [-0.4, -0.2) is 28.6 Å². The van der Waals surface area contributed by atoms with Crippen LogP contribution < -0.4 is 0 Å². The number of benzene rings is 2. The van der Waals surface area contributed by atoms with Crippen molar-refractivity contribution >= 4 is 28.6 Å². The molecule has 1 N–H and O–H groups in total. The van der Waals surface area contributed by atoms with Gasteiger partial charge in [-0.15, -0.1) is 11.8 Å². The average Bonchev–Trinajstić information content (AvgIpc) is 3.47. The highest BCUT2D eigenvalue weighted by Gasteiger charge is 2.40. The Morgan fingerprint density at radius 2 is 1.88 bits per heavy atom. The molecule has 1 fully saturated rings. The van der Waals surface area contributed by atoms with Crippen molar-refractivity contribution in [1.29, 1.82) is 0 Å². The lowest BCUT2D eigenvalue weighted by Gasteiger charge is -2.36. The van der Waals surface area contributed by atoms with Gasteiger partial charge in [-0.2, -0.15) is 0 Å². The van der Waals surface area contributed by atoms with Crippen molar-refractivity contribution < 1.29 is 4.79 Å². The smallest absolute Gasteiger partial charge is 0.226 e. The number of hydrogen-bond acceptors (Lipinski definition) is 2. The molecule has 26 heavy (non-hydrogen) atoms. The molecule has 132 valence electrons. The van der Waals surface area contributed by atoms with E-state index in [9.17, 15) is 4.79 Å². The van der Waals surface area contributed by atoms with Gasteiger partial charge in [0, 0.05) is 34.0 Å². The molecule has 1 amide bonds. The van der Waals surface area contributed by atoms with Gasteiger partial charge in [-0.3, -0.25) is 4.79 Å². The number of amides is 1. The van der Waals surface area contributed by atoms with Crippen LogP contribution in [0.1, 0.15) is 35.7 Å². The van der Waals surface area contributed by atoms with Gasteiger partial charge < -0.3 is 9.88 Å². The van der Waals surface area contributed by atoms with Gasteiger partial charge in [0.2, 0.25) is 5.91 Å². The molecule has 3 nitrogen and oxygen atoms in total. The Labute approximate surface area is 157 Å². The maximum Gasteiger partial charge on any atom is 0.226 e. The number of carbonyl (C=O) groups is 1. The minimum atomic E-state index is -0.00449. The first-order valence-electron chi connectivity index (χ1n) is 9.30. The fourth-order valence-corrected chi connectivity index (χ4v) is 4.58. The fraction of sp³-hybridized carbons (Fsp3) is 0.318. The molecule has 0 radical (unpaired) electrons. The van der Waals surface area contributed by atoms with Gasteiger partial charge in [-0.05, 0) is 54.8 Å². The van der Waals surface area contributed by atoms with Crippen LogP contribution in [0.5, 0.6) is 0 Å². The van der Waals surface area contributed by atoms with Gasteiger partial charge in [0.05, 0.1) is 6.04 Å². The molecule has 0 unspecified atom stereocenters. The number of H-pyrrole nitrogens is 1. The van der Waals surface area contributed by atoms with E-state index in [1.54, 1.807) is 11.8 Å². The highest BCUT2D eigenvalue weighted by Crippen LogP contribution is 2.42. The van der Waals surface area contributed by atoms with E-state index in [1.165, 1.54) is 32.6 Å². The molecule has 4 heteroatoms. The average molecular weight is 362 g/mol. The molecule has 1 aromatic heterocycles.